The number of nitrogens with zero attached hydrogens (tertiary/aromatic N) is 3. The number of aryl methyl sites for hydroxylation is 1. The third-order valence-corrected chi connectivity index (χ3v) is 6.74. The summed E-state index contributed by atoms with van der Waals surface area (Å²) >= 11 is 1.78. The van der Waals surface area contributed by atoms with Crippen LogP contribution in [-0.4, -0.2) is 53.4 Å². The second-order valence-corrected chi connectivity index (χ2v) is 9.48. The molecule has 5 nitrogen and oxygen atoms in total. The van der Waals surface area contributed by atoms with E-state index in [-0.39, 0.29) is 5.91 Å². The third-order valence-electron chi connectivity index (χ3n) is 5.72. The lowest BCUT2D eigenvalue weighted by molar-refractivity contribution is -0.117. The molecule has 2 heterocycles. The summed E-state index contributed by atoms with van der Waals surface area (Å²) < 4.78 is 1.25. The fraction of sp³-hybridized carbons (Fsp3) is 0.417. The molecular weight excluding hydrogens is 392 g/mol. The summed E-state index contributed by atoms with van der Waals surface area (Å²) in [5.74, 6) is 0.456. The molecule has 4 rings (SSSR count). The van der Waals surface area contributed by atoms with Crippen LogP contribution in [0.1, 0.15) is 35.9 Å². The van der Waals surface area contributed by atoms with Gasteiger partial charge in [-0.3, -0.25) is 14.6 Å². The molecule has 6 heteroatoms. The van der Waals surface area contributed by atoms with E-state index < -0.39 is 0 Å². The molecule has 1 aliphatic rings. The van der Waals surface area contributed by atoms with E-state index in [1.165, 1.54) is 15.3 Å². The van der Waals surface area contributed by atoms with Gasteiger partial charge in [0.05, 0.1) is 23.3 Å². The number of rotatable bonds is 6. The Bertz CT molecular complexity index is 988. The highest BCUT2D eigenvalue weighted by Gasteiger charge is 2.21. The van der Waals surface area contributed by atoms with Gasteiger partial charge in [-0.2, -0.15) is 0 Å². The van der Waals surface area contributed by atoms with Gasteiger partial charge in [0.25, 0.3) is 0 Å². The second-order valence-electron chi connectivity index (χ2n) is 8.37. The Hall–Kier alpha value is -2.28. The molecule has 1 amide bonds. The zero-order chi connectivity index (χ0) is 21.1. The second kappa shape index (κ2) is 9.25. The molecule has 0 saturated carbocycles. The molecule has 1 N–H and O–H groups in total. The molecule has 1 aromatic heterocycles. The van der Waals surface area contributed by atoms with Crippen molar-refractivity contribution < 1.29 is 4.79 Å². The molecule has 0 unspecified atom stereocenters. The Balaban J connectivity index is 1.29. The van der Waals surface area contributed by atoms with E-state index in [1.807, 2.05) is 6.07 Å². The number of nitrogens with one attached hydrogen (secondary N) is 1. The van der Waals surface area contributed by atoms with Gasteiger partial charge in [0.1, 0.15) is 5.01 Å². The van der Waals surface area contributed by atoms with E-state index in [0.717, 1.165) is 49.5 Å². The van der Waals surface area contributed by atoms with Crippen LogP contribution in [-0.2, 0) is 11.3 Å². The highest BCUT2D eigenvalue weighted by Crippen LogP contribution is 2.27. The molecule has 0 atom stereocenters. The van der Waals surface area contributed by atoms with E-state index in [0.29, 0.717) is 12.5 Å². The maximum absolute atomic E-state index is 12.7. The van der Waals surface area contributed by atoms with Crippen LogP contribution in [0.15, 0.2) is 42.5 Å². The topological polar surface area (TPSA) is 48.5 Å². The van der Waals surface area contributed by atoms with Crippen LogP contribution in [0.25, 0.3) is 10.2 Å². The fourth-order valence-corrected chi connectivity index (χ4v) is 5.02. The Morgan fingerprint density at radius 3 is 2.53 bits per heavy atom. The van der Waals surface area contributed by atoms with E-state index in [4.69, 9.17) is 4.98 Å². The SMILES string of the molecule is Cc1cccc(C(C)C)c1NC(=O)CN1CCN(Cc2nc3ccccc3s2)CC1. The number of carbonyl (C=O) groups is 1. The number of hydrogen-bond acceptors (Lipinski definition) is 5. The van der Waals surface area contributed by atoms with Crippen LogP contribution in [0.5, 0.6) is 0 Å². The first-order valence-electron chi connectivity index (χ1n) is 10.7. The molecule has 3 aromatic rings. The van der Waals surface area contributed by atoms with Gasteiger partial charge in [0, 0.05) is 31.9 Å². The minimum absolute atomic E-state index is 0.0748. The molecule has 1 fully saturated rings. The van der Waals surface area contributed by atoms with Gasteiger partial charge in [-0.25, -0.2) is 4.98 Å². The maximum Gasteiger partial charge on any atom is 0.238 e. The van der Waals surface area contributed by atoms with Crippen molar-refractivity contribution >= 4 is 33.1 Å². The normalized spacial score (nSPS) is 15.7. The smallest absolute Gasteiger partial charge is 0.238 e. The minimum atomic E-state index is 0.0748. The highest BCUT2D eigenvalue weighted by atomic mass is 32.1. The van der Waals surface area contributed by atoms with Gasteiger partial charge in [-0.1, -0.05) is 44.2 Å². The number of hydrogen-bond donors (Lipinski definition) is 1. The Morgan fingerprint density at radius 2 is 1.80 bits per heavy atom. The van der Waals surface area contributed by atoms with Crippen LogP contribution >= 0.6 is 11.3 Å². The van der Waals surface area contributed by atoms with Gasteiger partial charge >= 0.3 is 0 Å². The van der Waals surface area contributed by atoms with E-state index in [2.05, 4.69) is 72.3 Å². The number of amides is 1. The highest BCUT2D eigenvalue weighted by molar-refractivity contribution is 7.18. The largest absolute Gasteiger partial charge is 0.324 e. The number of anilines is 1. The Labute approximate surface area is 182 Å². The molecule has 1 saturated heterocycles. The number of aromatic nitrogens is 1. The van der Waals surface area contributed by atoms with Crippen molar-refractivity contribution in [3.05, 3.63) is 58.6 Å². The first kappa shape index (κ1) is 21.0. The summed E-state index contributed by atoms with van der Waals surface area (Å²) in [6.07, 6.45) is 0. The summed E-state index contributed by atoms with van der Waals surface area (Å²) in [6.45, 7) is 11.5. The lowest BCUT2D eigenvalue weighted by Crippen LogP contribution is -2.48. The molecule has 0 bridgehead atoms. The number of piperazine rings is 1. The van der Waals surface area contributed by atoms with Crippen molar-refractivity contribution in [2.24, 2.45) is 0 Å². The minimum Gasteiger partial charge on any atom is -0.324 e. The van der Waals surface area contributed by atoms with Crippen LogP contribution < -0.4 is 5.32 Å². The lowest BCUT2D eigenvalue weighted by atomic mass is 9.98. The predicted octanol–water partition coefficient (Wildman–Crippen LogP) is 4.48. The van der Waals surface area contributed by atoms with Gasteiger partial charge < -0.3 is 5.32 Å². The number of fused-ring (bicyclic) bond motifs is 1. The number of para-hydroxylation sites is 2. The van der Waals surface area contributed by atoms with Gasteiger partial charge in [0.15, 0.2) is 0 Å². The molecule has 2 aromatic carbocycles. The zero-order valence-corrected chi connectivity index (χ0v) is 18.8. The van der Waals surface area contributed by atoms with Crippen molar-refractivity contribution in [2.45, 2.75) is 33.2 Å². The van der Waals surface area contributed by atoms with E-state index in [9.17, 15) is 4.79 Å². The average Bonchev–Trinajstić information content (AvgIpc) is 3.13. The molecule has 0 spiro atoms. The Kier molecular flexibility index (Phi) is 6.46. The summed E-state index contributed by atoms with van der Waals surface area (Å²) in [4.78, 5) is 22.1. The number of benzene rings is 2. The predicted molar refractivity (Wildman–Crippen MR) is 125 cm³/mol. The van der Waals surface area contributed by atoms with Crippen molar-refractivity contribution in [3.8, 4) is 0 Å². The van der Waals surface area contributed by atoms with Gasteiger partial charge in [0.2, 0.25) is 5.91 Å². The van der Waals surface area contributed by atoms with Crippen LogP contribution in [0.2, 0.25) is 0 Å². The van der Waals surface area contributed by atoms with Gasteiger partial charge in [-0.15, -0.1) is 11.3 Å². The summed E-state index contributed by atoms with van der Waals surface area (Å²) in [7, 11) is 0. The van der Waals surface area contributed by atoms with Crippen molar-refractivity contribution in [2.75, 3.05) is 38.0 Å². The summed E-state index contributed by atoms with van der Waals surface area (Å²) in [5.41, 5.74) is 4.39. The van der Waals surface area contributed by atoms with Crippen LogP contribution in [0.3, 0.4) is 0 Å². The van der Waals surface area contributed by atoms with Gasteiger partial charge in [-0.05, 0) is 36.1 Å². The molecule has 30 heavy (non-hydrogen) atoms. The molecular formula is C24H30N4OS. The fourth-order valence-electron chi connectivity index (χ4n) is 4.01. The van der Waals surface area contributed by atoms with E-state index >= 15 is 0 Å². The van der Waals surface area contributed by atoms with Crippen molar-refractivity contribution in [3.63, 3.8) is 0 Å². The first-order chi connectivity index (χ1) is 14.5. The molecule has 158 valence electrons. The molecule has 1 aliphatic heterocycles. The van der Waals surface area contributed by atoms with Crippen molar-refractivity contribution in [1.82, 2.24) is 14.8 Å². The monoisotopic (exact) mass is 422 g/mol. The number of carbonyl (C=O) groups excluding carboxylic acids is 1. The zero-order valence-electron chi connectivity index (χ0n) is 18.0. The van der Waals surface area contributed by atoms with Crippen LogP contribution in [0, 0.1) is 6.92 Å². The standard InChI is InChI=1S/C24H30N4OS/c1-17(2)19-8-6-7-18(3)24(19)26-22(29)15-27-11-13-28(14-12-27)16-23-25-20-9-4-5-10-21(20)30-23/h4-10,17H,11-16H2,1-3H3,(H,26,29). The van der Waals surface area contributed by atoms with Crippen LogP contribution in [0.4, 0.5) is 5.69 Å². The number of thiazole rings is 1. The maximum atomic E-state index is 12.7. The summed E-state index contributed by atoms with van der Waals surface area (Å²) in [5, 5.41) is 4.34. The quantitative estimate of drug-likeness (QED) is 0.636. The van der Waals surface area contributed by atoms with Crippen molar-refractivity contribution in [1.29, 1.82) is 0 Å². The molecule has 0 aliphatic carbocycles. The lowest BCUT2D eigenvalue weighted by Gasteiger charge is -2.33. The Morgan fingerprint density at radius 1 is 1.07 bits per heavy atom. The van der Waals surface area contributed by atoms with E-state index in [1.54, 1.807) is 11.3 Å². The molecule has 0 radical (unpaired) electrons. The third kappa shape index (κ3) is 4.89. The summed E-state index contributed by atoms with van der Waals surface area (Å²) in [6, 6.07) is 14.5. The first-order valence-corrected chi connectivity index (χ1v) is 11.5. The average molecular weight is 423 g/mol.